The third kappa shape index (κ3) is 7.05. The van der Waals surface area contributed by atoms with Gasteiger partial charge in [0.05, 0.1) is 4.90 Å². The quantitative estimate of drug-likeness (QED) is 0.317. The Labute approximate surface area is 215 Å². The van der Waals surface area contributed by atoms with Crippen molar-refractivity contribution in [2.45, 2.75) is 29.8 Å². The van der Waals surface area contributed by atoms with Crippen molar-refractivity contribution in [1.29, 1.82) is 0 Å². The minimum absolute atomic E-state index is 0.0571. The van der Waals surface area contributed by atoms with E-state index in [0.29, 0.717) is 5.56 Å². The molecule has 0 spiro atoms. The van der Waals surface area contributed by atoms with Crippen molar-refractivity contribution in [3.05, 3.63) is 84.6 Å². The van der Waals surface area contributed by atoms with Gasteiger partial charge in [0.25, 0.3) is 5.91 Å². The number of carboxylic acid groups (broad SMARTS) is 1. The Hall–Kier alpha value is -3.96. The number of nitrogens with zero attached hydrogens (tertiary/aromatic N) is 2. The second kappa shape index (κ2) is 11.8. The van der Waals surface area contributed by atoms with Gasteiger partial charge < -0.3 is 20.6 Å². The summed E-state index contributed by atoms with van der Waals surface area (Å²) < 4.78 is 27.1. The van der Waals surface area contributed by atoms with Crippen molar-refractivity contribution in [1.82, 2.24) is 15.0 Å². The van der Waals surface area contributed by atoms with Crippen LogP contribution >= 0.6 is 0 Å². The maximum Gasteiger partial charge on any atom is 0.323 e. The van der Waals surface area contributed by atoms with E-state index < -0.39 is 34.5 Å². The molecule has 2 heterocycles. The number of pyridine rings is 1. The Balaban J connectivity index is 1.33. The molecule has 2 aromatic carbocycles. The number of rotatable bonds is 10. The third-order valence-corrected chi connectivity index (χ3v) is 7.54. The fraction of sp³-hybridized carbons (Fsp3) is 0.269. The number of nitrogens with one attached hydrogen (secondary N) is 3. The van der Waals surface area contributed by atoms with Crippen molar-refractivity contribution >= 4 is 33.4 Å². The smallest absolute Gasteiger partial charge is 0.323 e. The summed E-state index contributed by atoms with van der Waals surface area (Å²) in [7, 11) is -4.06. The van der Waals surface area contributed by atoms with Gasteiger partial charge in [0.1, 0.15) is 11.9 Å². The highest BCUT2D eigenvalue weighted by molar-refractivity contribution is 7.89. The maximum absolute atomic E-state index is 12.6. The zero-order valence-corrected chi connectivity index (χ0v) is 20.9. The number of aromatic nitrogens is 1. The van der Waals surface area contributed by atoms with Gasteiger partial charge >= 0.3 is 5.97 Å². The average Bonchev–Trinajstić information content (AvgIpc) is 2.92. The largest absolute Gasteiger partial charge is 0.480 e. The predicted molar refractivity (Wildman–Crippen MR) is 140 cm³/mol. The number of piperidine rings is 1. The van der Waals surface area contributed by atoms with E-state index in [9.17, 15) is 23.1 Å². The molecule has 0 saturated carbocycles. The van der Waals surface area contributed by atoms with Gasteiger partial charge in [0.2, 0.25) is 10.0 Å². The number of aliphatic carboxylic acids is 1. The van der Waals surface area contributed by atoms with E-state index in [1.807, 2.05) is 30.3 Å². The molecular formula is C26H29N5O5S. The highest BCUT2D eigenvalue weighted by Gasteiger charge is 2.26. The number of hydrogen-bond donors (Lipinski definition) is 4. The highest BCUT2D eigenvalue weighted by atomic mass is 32.2. The molecule has 2 unspecified atom stereocenters. The Morgan fingerprint density at radius 1 is 1.03 bits per heavy atom. The number of carbonyl (C=O) groups excluding carboxylic acids is 1. The summed E-state index contributed by atoms with van der Waals surface area (Å²) in [4.78, 5) is 30.8. The highest BCUT2D eigenvalue weighted by Crippen LogP contribution is 2.22. The number of anilines is 2. The summed E-state index contributed by atoms with van der Waals surface area (Å²) in [5.74, 6) is -1.05. The normalized spacial score (nSPS) is 16.5. The summed E-state index contributed by atoms with van der Waals surface area (Å²) >= 11 is 0. The zero-order chi connectivity index (χ0) is 26.3. The van der Waals surface area contributed by atoms with E-state index >= 15 is 0 Å². The van der Waals surface area contributed by atoms with Gasteiger partial charge in [0.15, 0.2) is 0 Å². The van der Waals surface area contributed by atoms with Crippen LogP contribution in [0.2, 0.25) is 0 Å². The lowest BCUT2D eigenvalue weighted by Crippen LogP contribution is -2.48. The van der Waals surface area contributed by atoms with E-state index in [4.69, 9.17) is 0 Å². The number of carboxylic acids is 1. The molecule has 194 valence electrons. The van der Waals surface area contributed by atoms with Crippen LogP contribution in [0.15, 0.2) is 83.9 Å². The molecule has 4 rings (SSSR count). The van der Waals surface area contributed by atoms with Gasteiger partial charge in [-0.2, -0.15) is 4.72 Å². The SMILES string of the molecule is O=C(NCC(NS(=O)(=O)c1ccccc1)C(=O)O)c1ccc(N2CCCC(Nc3ccccn3)C2)cc1. The predicted octanol–water partition coefficient (Wildman–Crippen LogP) is 2.32. The van der Waals surface area contributed by atoms with Crippen LogP contribution in [-0.4, -0.2) is 62.1 Å². The Morgan fingerprint density at radius 3 is 2.43 bits per heavy atom. The molecule has 1 fully saturated rings. The van der Waals surface area contributed by atoms with Crippen LogP contribution in [0.4, 0.5) is 11.5 Å². The second-order valence-electron chi connectivity index (χ2n) is 8.73. The van der Waals surface area contributed by atoms with E-state index in [-0.39, 0.29) is 10.9 Å². The lowest BCUT2D eigenvalue weighted by atomic mass is 10.0. The third-order valence-electron chi connectivity index (χ3n) is 6.05. The van der Waals surface area contributed by atoms with E-state index in [1.165, 1.54) is 24.3 Å². The van der Waals surface area contributed by atoms with E-state index in [1.54, 1.807) is 24.4 Å². The summed E-state index contributed by atoms with van der Waals surface area (Å²) in [5, 5.41) is 15.4. The molecule has 0 aliphatic carbocycles. The molecule has 1 amide bonds. The van der Waals surface area contributed by atoms with Gasteiger partial charge in [-0.05, 0) is 61.4 Å². The van der Waals surface area contributed by atoms with Crippen LogP contribution in [0.25, 0.3) is 0 Å². The number of benzene rings is 2. The molecule has 3 aromatic rings. The number of sulfonamides is 1. The van der Waals surface area contributed by atoms with Crippen molar-refractivity contribution in [3.63, 3.8) is 0 Å². The molecule has 1 aliphatic heterocycles. The van der Waals surface area contributed by atoms with Gasteiger partial charge in [-0.25, -0.2) is 13.4 Å². The molecule has 1 aliphatic rings. The number of carbonyl (C=O) groups is 2. The molecule has 10 nitrogen and oxygen atoms in total. The Bertz CT molecular complexity index is 1300. The second-order valence-corrected chi connectivity index (χ2v) is 10.4. The summed E-state index contributed by atoms with van der Waals surface area (Å²) in [6.07, 6.45) is 3.80. The first kappa shape index (κ1) is 26.1. The van der Waals surface area contributed by atoms with Crippen molar-refractivity contribution in [3.8, 4) is 0 Å². The zero-order valence-electron chi connectivity index (χ0n) is 20.1. The number of amides is 1. The summed E-state index contributed by atoms with van der Waals surface area (Å²) in [5.41, 5.74) is 1.32. The summed E-state index contributed by atoms with van der Waals surface area (Å²) in [6, 6.07) is 19.0. The minimum Gasteiger partial charge on any atom is -0.480 e. The van der Waals surface area contributed by atoms with Gasteiger partial charge in [0, 0.05) is 43.1 Å². The first-order valence-corrected chi connectivity index (χ1v) is 13.4. The van der Waals surface area contributed by atoms with E-state index in [2.05, 4.69) is 25.2 Å². The van der Waals surface area contributed by atoms with Crippen LogP contribution in [0.3, 0.4) is 0 Å². The average molecular weight is 524 g/mol. The lowest BCUT2D eigenvalue weighted by Gasteiger charge is -2.35. The minimum atomic E-state index is -4.06. The molecule has 0 bridgehead atoms. The van der Waals surface area contributed by atoms with Crippen LogP contribution in [0.1, 0.15) is 23.2 Å². The Morgan fingerprint density at radius 2 is 1.76 bits per heavy atom. The van der Waals surface area contributed by atoms with E-state index in [0.717, 1.165) is 37.4 Å². The molecule has 1 aromatic heterocycles. The van der Waals surface area contributed by atoms with Crippen LogP contribution in [0.5, 0.6) is 0 Å². The Kier molecular flexibility index (Phi) is 8.36. The van der Waals surface area contributed by atoms with Gasteiger partial charge in [-0.3, -0.25) is 9.59 Å². The summed E-state index contributed by atoms with van der Waals surface area (Å²) in [6.45, 7) is 1.28. The molecular weight excluding hydrogens is 494 g/mol. The molecule has 11 heteroatoms. The first-order chi connectivity index (χ1) is 17.8. The van der Waals surface area contributed by atoms with Crippen molar-refractivity contribution < 1.29 is 23.1 Å². The molecule has 4 N–H and O–H groups in total. The molecule has 1 saturated heterocycles. The van der Waals surface area contributed by atoms with Crippen molar-refractivity contribution in [2.75, 3.05) is 29.9 Å². The molecule has 37 heavy (non-hydrogen) atoms. The molecule has 0 radical (unpaired) electrons. The van der Waals surface area contributed by atoms with Crippen LogP contribution in [0, 0.1) is 0 Å². The van der Waals surface area contributed by atoms with Gasteiger partial charge in [-0.1, -0.05) is 24.3 Å². The lowest BCUT2D eigenvalue weighted by molar-refractivity contribution is -0.138. The fourth-order valence-electron chi connectivity index (χ4n) is 4.14. The van der Waals surface area contributed by atoms with Crippen LogP contribution < -0.4 is 20.3 Å². The van der Waals surface area contributed by atoms with Gasteiger partial charge in [-0.15, -0.1) is 0 Å². The first-order valence-electron chi connectivity index (χ1n) is 11.9. The molecule has 2 atom stereocenters. The van der Waals surface area contributed by atoms with Crippen LogP contribution in [-0.2, 0) is 14.8 Å². The monoisotopic (exact) mass is 523 g/mol. The number of hydrogen-bond acceptors (Lipinski definition) is 7. The topological polar surface area (TPSA) is 141 Å². The fourth-order valence-corrected chi connectivity index (χ4v) is 5.35. The van der Waals surface area contributed by atoms with Crippen molar-refractivity contribution in [2.24, 2.45) is 0 Å². The maximum atomic E-state index is 12.6. The standard InChI is InChI=1S/C26H29N5O5S/c32-25(28-17-23(26(33)34)30-37(35,36)22-8-2-1-3-9-22)19-11-13-21(14-12-19)31-16-6-7-20(18-31)29-24-10-4-5-15-27-24/h1-5,8-15,20,23,30H,6-7,16-18H2,(H,27,29)(H,28,32)(H,33,34).